The van der Waals surface area contributed by atoms with E-state index in [0.29, 0.717) is 11.8 Å². The van der Waals surface area contributed by atoms with E-state index in [0.717, 1.165) is 66.3 Å². The molecule has 0 bridgehead atoms. The zero-order chi connectivity index (χ0) is 23.8. The quantitative estimate of drug-likeness (QED) is 0.394. The van der Waals surface area contributed by atoms with Gasteiger partial charge in [0.15, 0.2) is 0 Å². The molecule has 3 aromatic rings. The fraction of sp³-hybridized carbons (Fsp3) is 0.481. The summed E-state index contributed by atoms with van der Waals surface area (Å²) in [5, 5.41) is 15.9. The number of hydrogen-bond acceptors (Lipinski definition) is 7. The van der Waals surface area contributed by atoms with Crippen molar-refractivity contribution in [3.63, 3.8) is 0 Å². The molecule has 0 amide bonds. The summed E-state index contributed by atoms with van der Waals surface area (Å²) < 4.78 is 5.45. The summed E-state index contributed by atoms with van der Waals surface area (Å²) in [6.07, 6.45) is 7.01. The number of thioether (sulfide) groups is 1. The number of likely N-dealkylation sites (tertiary alicyclic amines) is 1. The molecule has 1 saturated heterocycles. The van der Waals surface area contributed by atoms with Gasteiger partial charge in [-0.05, 0) is 86.7 Å². The Bertz CT molecular complexity index is 1040. The van der Waals surface area contributed by atoms with Crippen LogP contribution in [0.3, 0.4) is 0 Å². The Labute approximate surface area is 207 Å². The van der Waals surface area contributed by atoms with Gasteiger partial charge in [-0.25, -0.2) is 4.98 Å². The highest BCUT2D eigenvalue weighted by Gasteiger charge is 2.29. The SMILES string of the molecule is CNC(CC[C@@H]1CCN(CCSc2ccccn2)C[C@@H]1CO)c1ccnc2ccc(OC)cc12. The molecule has 0 radical (unpaired) electrons. The van der Waals surface area contributed by atoms with Crippen molar-refractivity contribution in [1.82, 2.24) is 20.2 Å². The predicted molar refractivity (Wildman–Crippen MR) is 139 cm³/mol. The second-order valence-corrected chi connectivity index (χ2v) is 10.1. The van der Waals surface area contributed by atoms with Gasteiger partial charge in [0, 0.05) is 49.3 Å². The van der Waals surface area contributed by atoms with Gasteiger partial charge in [-0.15, -0.1) is 11.8 Å². The molecule has 1 aliphatic rings. The highest BCUT2D eigenvalue weighted by atomic mass is 32.2. The first-order valence-corrected chi connectivity index (χ1v) is 13.2. The summed E-state index contributed by atoms with van der Waals surface area (Å²) in [5.41, 5.74) is 2.25. The van der Waals surface area contributed by atoms with Crippen molar-refractivity contribution < 1.29 is 9.84 Å². The molecule has 34 heavy (non-hydrogen) atoms. The number of piperidine rings is 1. The molecule has 6 nitrogen and oxygen atoms in total. The predicted octanol–water partition coefficient (Wildman–Crippen LogP) is 4.40. The van der Waals surface area contributed by atoms with Crippen LogP contribution in [0.2, 0.25) is 0 Å². The molecule has 1 aromatic carbocycles. The number of aliphatic hydroxyl groups is 1. The fourth-order valence-corrected chi connectivity index (χ4v) is 5.94. The summed E-state index contributed by atoms with van der Waals surface area (Å²) in [4.78, 5) is 11.4. The van der Waals surface area contributed by atoms with Crippen molar-refractivity contribution in [3.05, 3.63) is 60.4 Å². The highest BCUT2D eigenvalue weighted by molar-refractivity contribution is 7.99. The third kappa shape index (κ3) is 6.27. The normalized spacial score (nSPS) is 19.9. The summed E-state index contributed by atoms with van der Waals surface area (Å²) in [5.74, 6) is 2.76. The molecule has 1 aliphatic heterocycles. The minimum absolute atomic E-state index is 0.241. The molecule has 2 N–H and O–H groups in total. The molecule has 2 aromatic heterocycles. The third-order valence-electron chi connectivity index (χ3n) is 7.04. The Hall–Kier alpha value is -2.19. The van der Waals surface area contributed by atoms with Crippen LogP contribution in [-0.4, -0.2) is 66.1 Å². The Morgan fingerprint density at radius 3 is 2.85 bits per heavy atom. The van der Waals surface area contributed by atoms with E-state index in [1.54, 1.807) is 18.9 Å². The number of pyridine rings is 2. The number of aliphatic hydroxyl groups excluding tert-OH is 1. The van der Waals surface area contributed by atoms with Gasteiger partial charge < -0.3 is 20.1 Å². The van der Waals surface area contributed by atoms with Gasteiger partial charge in [-0.2, -0.15) is 0 Å². The fourth-order valence-electron chi connectivity index (χ4n) is 5.07. The van der Waals surface area contributed by atoms with Crippen LogP contribution in [0.4, 0.5) is 0 Å². The van der Waals surface area contributed by atoms with E-state index in [1.807, 2.05) is 43.7 Å². The maximum Gasteiger partial charge on any atom is 0.119 e. The standard InChI is InChI=1S/C27H36N4O2S/c1-28-25(23-10-13-29-26-9-7-22(33-2)17-24(23)26)8-6-20-11-14-31(18-21(20)19-32)15-16-34-27-5-3-4-12-30-27/h3-5,7,9-10,12-13,17,20-21,25,28,32H,6,8,11,14-16,18-19H2,1-2H3/t20-,21-,25?/m1/s1. The van der Waals surface area contributed by atoms with Crippen LogP contribution in [0.25, 0.3) is 10.9 Å². The first-order chi connectivity index (χ1) is 16.7. The maximum atomic E-state index is 10.1. The summed E-state index contributed by atoms with van der Waals surface area (Å²) in [6.45, 7) is 3.37. The van der Waals surface area contributed by atoms with Gasteiger partial charge in [0.2, 0.25) is 0 Å². The summed E-state index contributed by atoms with van der Waals surface area (Å²) in [6, 6.07) is 14.5. The van der Waals surface area contributed by atoms with E-state index < -0.39 is 0 Å². The van der Waals surface area contributed by atoms with Gasteiger partial charge in [0.05, 0.1) is 17.7 Å². The Balaban J connectivity index is 1.33. The number of nitrogens with one attached hydrogen (secondary N) is 1. The molecule has 182 valence electrons. The lowest BCUT2D eigenvalue weighted by Gasteiger charge is -2.38. The molecular weight excluding hydrogens is 444 g/mol. The lowest BCUT2D eigenvalue weighted by atomic mass is 9.81. The van der Waals surface area contributed by atoms with Crippen molar-refractivity contribution in [2.24, 2.45) is 11.8 Å². The number of nitrogens with zero attached hydrogens (tertiary/aromatic N) is 3. The van der Waals surface area contributed by atoms with Gasteiger partial charge in [-0.3, -0.25) is 4.98 Å². The van der Waals surface area contributed by atoms with Crippen molar-refractivity contribution >= 4 is 22.7 Å². The number of fused-ring (bicyclic) bond motifs is 1. The maximum absolute atomic E-state index is 10.1. The number of methoxy groups -OCH3 is 1. The Morgan fingerprint density at radius 1 is 1.18 bits per heavy atom. The molecular formula is C27H36N4O2S. The van der Waals surface area contributed by atoms with Crippen molar-refractivity contribution in [2.75, 3.05) is 46.2 Å². The molecule has 1 fully saturated rings. The largest absolute Gasteiger partial charge is 0.497 e. The van der Waals surface area contributed by atoms with Crippen LogP contribution < -0.4 is 10.1 Å². The number of aromatic nitrogens is 2. The van der Waals surface area contributed by atoms with Gasteiger partial charge in [0.1, 0.15) is 5.75 Å². The Kier molecular flexibility index (Phi) is 9.16. The first kappa shape index (κ1) is 24.9. The van der Waals surface area contributed by atoms with Crippen LogP contribution in [0.15, 0.2) is 59.9 Å². The van der Waals surface area contributed by atoms with E-state index in [4.69, 9.17) is 4.74 Å². The topological polar surface area (TPSA) is 70.5 Å². The average molecular weight is 481 g/mol. The van der Waals surface area contributed by atoms with Crippen molar-refractivity contribution in [1.29, 1.82) is 0 Å². The van der Waals surface area contributed by atoms with E-state index >= 15 is 0 Å². The average Bonchev–Trinajstić information content (AvgIpc) is 2.89. The van der Waals surface area contributed by atoms with Gasteiger partial charge >= 0.3 is 0 Å². The lowest BCUT2D eigenvalue weighted by molar-refractivity contribution is 0.0696. The van der Waals surface area contributed by atoms with Crippen LogP contribution in [-0.2, 0) is 0 Å². The van der Waals surface area contributed by atoms with E-state index in [1.165, 1.54) is 5.56 Å². The van der Waals surface area contributed by atoms with Crippen LogP contribution in [0.5, 0.6) is 5.75 Å². The van der Waals surface area contributed by atoms with Gasteiger partial charge in [0.25, 0.3) is 0 Å². The number of benzene rings is 1. The molecule has 3 heterocycles. The van der Waals surface area contributed by atoms with Crippen LogP contribution in [0, 0.1) is 11.8 Å². The van der Waals surface area contributed by atoms with Crippen molar-refractivity contribution in [3.8, 4) is 5.75 Å². The second kappa shape index (κ2) is 12.5. The van der Waals surface area contributed by atoms with E-state index in [9.17, 15) is 5.11 Å². The number of rotatable bonds is 11. The highest BCUT2D eigenvalue weighted by Crippen LogP contribution is 2.33. The number of ether oxygens (including phenoxy) is 1. The van der Waals surface area contributed by atoms with Crippen LogP contribution in [0.1, 0.15) is 30.9 Å². The Morgan fingerprint density at radius 2 is 2.09 bits per heavy atom. The third-order valence-corrected chi connectivity index (χ3v) is 7.96. The van der Waals surface area contributed by atoms with Crippen LogP contribution >= 0.6 is 11.8 Å². The first-order valence-electron chi connectivity index (χ1n) is 12.2. The minimum Gasteiger partial charge on any atom is -0.497 e. The zero-order valence-corrected chi connectivity index (χ0v) is 21.0. The molecule has 3 atom stereocenters. The lowest BCUT2D eigenvalue weighted by Crippen LogP contribution is -2.43. The monoisotopic (exact) mass is 480 g/mol. The number of hydrogen-bond donors (Lipinski definition) is 2. The molecule has 0 saturated carbocycles. The van der Waals surface area contributed by atoms with E-state index in [-0.39, 0.29) is 12.6 Å². The summed E-state index contributed by atoms with van der Waals surface area (Å²) in [7, 11) is 3.73. The molecule has 1 unspecified atom stereocenters. The van der Waals surface area contributed by atoms with Gasteiger partial charge in [-0.1, -0.05) is 6.07 Å². The molecule has 4 rings (SSSR count). The zero-order valence-electron chi connectivity index (χ0n) is 20.2. The van der Waals surface area contributed by atoms with Crippen molar-refractivity contribution in [2.45, 2.75) is 30.3 Å². The second-order valence-electron chi connectivity index (χ2n) is 9.01. The molecule has 0 spiro atoms. The molecule has 0 aliphatic carbocycles. The molecule has 7 heteroatoms. The minimum atomic E-state index is 0.241. The smallest absolute Gasteiger partial charge is 0.119 e. The summed E-state index contributed by atoms with van der Waals surface area (Å²) >= 11 is 1.80. The van der Waals surface area contributed by atoms with E-state index in [2.05, 4.69) is 38.4 Å².